The van der Waals surface area contributed by atoms with Gasteiger partial charge in [0.2, 0.25) is 5.91 Å². The van der Waals surface area contributed by atoms with Gasteiger partial charge in [-0.3, -0.25) is 19.5 Å². The molecule has 10 nitrogen and oxygen atoms in total. The molecule has 4 aromatic rings. The molecule has 1 atom stereocenters. The summed E-state index contributed by atoms with van der Waals surface area (Å²) in [7, 11) is 0. The third-order valence-electron chi connectivity index (χ3n) is 6.66. The van der Waals surface area contributed by atoms with Gasteiger partial charge in [-0.2, -0.15) is 0 Å². The average Bonchev–Trinajstić information content (AvgIpc) is 3.33. The van der Waals surface area contributed by atoms with Crippen LogP contribution < -0.4 is 20.3 Å². The summed E-state index contributed by atoms with van der Waals surface area (Å²) in [5.74, 6) is 0.764. The normalized spacial score (nSPS) is 16.5. The van der Waals surface area contributed by atoms with Crippen LogP contribution in [-0.4, -0.2) is 51.8 Å². The lowest BCUT2D eigenvalue weighted by Crippen LogP contribution is -2.49. The molecule has 196 valence electrons. The summed E-state index contributed by atoms with van der Waals surface area (Å²) in [6.07, 6.45) is 7.76. The number of likely N-dealkylation sites (tertiary alicyclic amines) is 1. The van der Waals surface area contributed by atoms with Gasteiger partial charge in [-0.15, -0.1) is 11.3 Å². The van der Waals surface area contributed by atoms with Crippen molar-refractivity contribution in [2.24, 2.45) is 0 Å². The molecule has 0 spiro atoms. The van der Waals surface area contributed by atoms with Crippen LogP contribution in [0.4, 0.5) is 21.9 Å². The molecular formula is C28H24N6O4S. The fourth-order valence-electron chi connectivity index (χ4n) is 4.88. The van der Waals surface area contributed by atoms with Crippen LogP contribution >= 0.6 is 11.3 Å². The van der Waals surface area contributed by atoms with Crippen LogP contribution in [0.15, 0.2) is 73.7 Å². The third kappa shape index (κ3) is 4.68. The van der Waals surface area contributed by atoms with Gasteiger partial charge >= 0.3 is 6.03 Å². The van der Waals surface area contributed by atoms with E-state index in [1.165, 1.54) is 17.4 Å². The quantitative estimate of drug-likeness (QED) is 0.330. The highest BCUT2D eigenvalue weighted by molar-refractivity contribution is 7.21. The predicted octanol–water partition coefficient (Wildman–Crippen LogP) is 5.07. The van der Waals surface area contributed by atoms with E-state index >= 15 is 0 Å². The molecule has 1 aromatic carbocycles. The summed E-state index contributed by atoms with van der Waals surface area (Å²) >= 11 is 1.23. The van der Waals surface area contributed by atoms with Gasteiger partial charge in [0.05, 0.1) is 28.6 Å². The zero-order valence-electron chi connectivity index (χ0n) is 20.8. The molecule has 0 bridgehead atoms. The van der Waals surface area contributed by atoms with Crippen LogP contribution in [0.5, 0.6) is 11.5 Å². The second kappa shape index (κ2) is 10.2. The van der Waals surface area contributed by atoms with Gasteiger partial charge in [0.15, 0.2) is 0 Å². The number of ether oxygens (including phenoxy) is 1. The number of benzene rings is 1. The molecule has 1 saturated heterocycles. The van der Waals surface area contributed by atoms with E-state index < -0.39 is 0 Å². The van der Waals surface area contributed by atoms with Gasteiger partial charge in [0, 0.05) is 31.5 Å². The average molecular weight is 541 g/mol. The van der Waals surface area contributed by atoms with Crippen molar-refractivity contribution >= 4 is 56.5 Å². The molecule has 0 aliphatic carbocycles. The Hall–Kier alpha value is -4.77. The molecule has 11 heteroatoms. The molecule has 2 aliphatic heterocycles. The van der Waals surface area contributed by atoms with E-state index in [2.05, 4.69) is 27.2 Å². The SMILES string of the molecule is C=CC(=O)N1CCCC(NC(=O)c2sc3nccc4c3c2NC(=O)N4c2ccc(Oc3cccnc3)cc2)C1. The number of hydrogen-bond donors (Lipinski definition) is 2. The minimum atomic E-state index is -0.385. The standard InChI is InChI=1S/C28H24N6O4S/c1-2-22(35)33-14-4-5-17(16-33)31-26(36)25-24-23-21(11-13-30-27(23)39-25)34(28(37)32-24)18-7-9-19(10-8-18)38-20-6-3-12-29-15-20/h2-3,6-13,15,17H,1,4-5,14,16H2,(H,31,36)(H,32,37). The van der Waals surface area contributed by atoms with Crippen molar-refractivity contribution in [1.82, 2.24) is 20.2 Å². The summed E-state index contributed by atoms with van der Waals surface area (Å²) in [5, 5.41) is 6.65. The fraction of sp³-hybridized carbons (Fsp3) is 0.179. The van der Waals surface area contributed by atoms with Gasteiger partial charge in [0.1, 0.15) is 21.2 Å². The second-order valence-corrected chi connectivity index (χ2v) is 10.2. The lowest BCUT2D eigenvalue weighted by molar-refractivity contribution is -0.127. The van der Waals surface area contributed by atoms with Crippen LogP contribution in [0.1, 0.15) is 22.5 Å². The van der Waals surface area contributed by atoms with Crippen LogP contribution in [0.3, 0.4) is 0 Å². The highest BCUT2D eigenvalue weighted by atomic mass is 32.1. The first-order chi connectivity index (χ1) is 19.0. The van der Waals surface area contributed by atoms with E-state index in [1.54, 1.807) is 64.8 Å². The van der Waals surface area contributed by atoms with Gasteiger partial charge in [0.25, 0.3) is 5.91 Å². The van der Waals surface area contributed by atoms with E-state index in [4.69, 9.17) is 4.74 Å². The van der Waals surface area contributed by atoms with Crippen molar-refractivity contribution in [3.63, 3.8) is 0 Å². The van der Waals surface area contributed by atoms with Crippen molar-refractivity contribution in [3.8, 4) is 11.5 Å². The summed E-state index contributed by atoms with van der Waals surface area (Å²) < 4.78 is 5.82. The first kappa shape index (κ1) is 24.6. The van der Waals surface area contributed by atoms with E-state index in [1.807, 2.05) is 6.07 Å². The van der Waals surface area contributed by atoms with E-state index in [0.717, 1.165) is 12.8 Å². The first-order valence-corrected chi connectivity index (χ1v) is 13.3. The molecule has 3 aromatic heterocycles. The lowest BCUT2D eigenvalue weighted by atomic mass is 10.1. The highest BCUT2D eigenvalue weighted by Crippen LogP contribution is 2.45. The molecular weight excluding hydrogens is 516 g/mol. The molecule has 5 heterocycles. The molecule has 2 N–H and O–H groups in total. The molecule has 0 saturated carbocycles. The number of nitrogens with one attached hydrogen (secondary N) is 2. The molecule has 39 heavy (non-hydrogen) atoms. The van der Waals surface area contributed by atoms with Crippen LogP contribution in [0.25, 0.3) is 10.2 Å². The number of carbonyl (C=O) groups excluding carboxylic acids is 3. The zero-order valence-corrected chi connectivity index (χ0v) is 21.6. The van der Waals surface area contributed by atoms with Gasteiger partial charge < -0.3 is 20.3 Å². The Kier molecular flexibility index (Phi) is 6.41. The number of hydrogen-bond acceptors (Lipinski definition) is 7. The maximum absolute atomic E-state index is 13.4. The monoisotopic (exact) mass is 540 g/mol. The minimum absolute atomic E-state index is 0.149. The largest absolute Gasteiger partial charge is 0.456 e. The topological polar surface area (TPSA) is 117 Å². The number of rotatable bonds is 6. The molecule has 6 rings (SSSR count). The van der Waals surface area contributed by atoms with E-state index in [0.29, 0.717) is 56.7 Å². The van der Waals surface area contributed by atoms with Crippen LogP contribution in [0.2, 0.25) is 0 Å². The lowest BCUT2D eigenvalue weighted by Gasteiger charge is -2.32. The Balaban J connectivity index is 1.27. The van der Waals surface area contributed by atoms with Crippen molar-refractivity contribution in [3.05, 3.63) is 78.6 Å². The fourth-order valence-corrected chi connectivity index (χ4v) is 5.91. The molecule has 1 unspecified atom stereocenters. The maximum atomic E-state index is 13.4. The Bertz CT molecular complexity index is 1590. The number of thiophene rings is 1. The summed E-state index contributed by atoms with van der Waals surface area (Å²) in [4.78, 5) is 51.5. The van der Waals surface area contributed by atoms with Crippen LogP contribution in [0, 0.1) is 0 Å². The van der Waals surface area contributed by atoms with Crippen molar-refractivity contribution in [2.45, 2.75) is 18.9 Å². The maximum Gasteiger partial charge on any atom is 0.331 e. The Morgan fingerprint density at radius 2 is 2.00 bits per heavy atom. The number of nitrogens with zero attached hydrogens (tertiary/aromatic N) is 4. The number of piperidine rings is 1. The van der Waals surface area contributed by atoms with Crippen molar-refractivity contribution in [1.29, 1.82) is 0 Å². The Morgan fingerprint density at radius 1 is 1.15 bits per heavy atom. The van der Waals surface area contributed by atoms with Crippen molar-refractivity contribution < 1.29 is 19.1 Å². The molecule has 2 aliphatic rings. The number of carbonyl (C=O) groups is 3. The highest BCUT2D eigenvalue weighted by Gasteiger charge is 2.33. The van der Waals surface area contributed by atoms with Crippen LogP contribution in [-0.2, 0) is 4.79 Å². The smallest absolute Gasteiger partial charge is 0.331 e. The molecule has 0 radical (unpaired) electrons. The summed E-state index contributed by atoms with van der Waals surface area (Å²) in [5.41, 5.74) is 1.72. The number of pyridine rings is 2. The number of amides is 4. The van der Waals surface area contributed by atoms with Crippen molar-refractivity contribution in [2.75, 3.05) is 23.3 Å². The predicted molar refractivity (Wildman–Crippen MR) is 149 cm³/mol. The van der Waals surface area contributed by atoms with Gasteiger partial charge in [-0.05, 0) is 61.4 Å². The molecule has 1 fully saturated rings. The zero-order chi connectivity index (χ0) is 26.9. The number of anilines is 3. The number of aromatic nitrogens is 2. The Labute approximate surface area is 227 Å². The third-order valence-corrected chi connectivity index (χ3v) is 7.76. The van der Waals surface area contributed by atoms with E-state index in [-0.39, 0.29) is 23.9 Å². The van der Waals surface area contributed by atoms with Gasteiger partial charge in [-0.1, -0.05) is 6.58 Å². The number of urea groups is 1. The summed E-state index contributed by atoms with van der Waals surface area (Å²) in [6, 6.07) is 11.9. The minimum Gasteiger partial charge on any atom is -0.456 e. The second-order valence-electron chi connectivity index (χ2n) is 9.17. The summed E-state index contributed by atoms with van der Waals surface area (Å²) in [6.45, 7) is 4.61. The Morgan fingerprint density at radius 3 is 2.77 bits per heavy atom. The van der Waals surface area contributed by atoms with E-state index in [9.17, 15) is 14.4 Å². The van der Waals surface area contributed by atoms with Gasteiger partial charge in [-0.25, -0.2) is 9.78 Å². The first-order valence-electron chi connectivity index (χ1n) is 12.4. The molecule has 4 amide bonds.